The third-order valence-electron chi connectivity index (χ3n) is 2.46. The molecule has 0 aliphatic carbocycles. The number of nitrogens with zero attached hydrogens (tertiary/aromatic N) is 1. The molecule has 2 aromatic rings. The third kappa shape index (κ3) is 2.77. The number of thiocarbonyl (C=S) groups is 1. The van der Waals surface area contributed by atoms with Gasteiger partial charge in [-0.25, -0.2) is 26.9 Å². The summed E-state index contributed by atoms with van der Waals surface area (Å²) in [5.41, 5.74) is 4.24. The van der Waals surface area contributed by atoms with Crippen LogP contribution in [-0.2, 0) is 0 Å². The van der Waals surface area contributed by atoms with E-state index in [1.54, 1.807) is 0 Å². The largest absolute Gasteiger partial charge is 0.388 e. The van der Waals surface area contributed by atoms with Crippen molar-refractivity contribution in [3.05, 3.63) is 53.0 Å². The van der Waals surface area contributed by atoms with Gasteiger partial charge in [-0.3, -0.25) is 0 Å². The number of rotatable bonds is 3. The van der Waals surface area contributed by atoms with Crippen molar-refractivity contribution in [3.63, 3.8) is 0 Å². The van der Waals surface area contributed by atoms with E-state index >= 15 is 0 Å². The monoisotopic (exact) mass is 319 g/mol. The highest BCUT2D eigenvalue weighted by Gasteiger charge is 2.26. The van der Waals surface area contributed by atoms with Gasteiger partial charge in [-0.1, -0.05) is 18.3 Å². The van der Waals surface area contributed by atoms with E-state index in [1.165, 1.54) is 18.2 Å². The molecule has 0 aliphatic heterocycles. The van der Waals surface area contributed by atoms with Crippen LogP contribution >= 0.6 is 12.2 Å². The predicted molar refractivity (Wildman–Crippen MR) is 69.6 cm³/mol. The van der Waals surface area contributed by atoms with Crippen molar-refractivity contribution in [3.8, 4) is 0 Å². The highest BCUT2D eigenvalue weighted by atomic mass is 32.1. The fraction of sp³-hybridized carbons (Fsp3) is 0. The minimum atomic E-state index is -2.24. The summed E-state index contributed by atoms with van der Waals surface area (Å²) in [7, 11) is 0. The van der Waals surface area contributed by atoms with Crippen LogP contribution in [0.4, 0.5) is 33.5 Å². The Balaban J connectivity index is 2.50. The maximum absolute atomic E-state index is 13.5. The van der Waals surface area contributed by atoms with E-state index in [1.807, 2.05) is 5.32 Å². The van der Waals surface area contributed by atoms with Gasteiger partial charge in [0, 0.05) is 0 Å². The average Bonchev–Trinajstić information content (AvgIpc) is 2.48. The van der Waals surface area contributed by atoms with E-state index in [9.17, 15) is 22.0 Å². The van der Waals surface area contributed by atoms with E-state index in [4.69, 9.17) is 5.73 Å². The quantitative estimate of drug-likeness (QED) is 0.395. The zero-order valence-electron chi connectivity index (χ0n) is 10.1. The van der Waals surface area contributed by atoms with Gasteiger partial charge in [0.05, 0.1) is 5.69 Å². The standard InChI is InChI=1S/C12H6F5N3S/c13-6-7(14)9(16)11(10(17)8(6)15)20-5-3-1-2-4(19-5)12(18)21/h1-3H,(H2,18,21)(H,19,20). The molecule has 1 aromatic heterocycles. The number of nitrogens with two attached hydrogens (primary N) is 1. The Morgan fingerprint density at radius 1 is 0.952 bits per heavy atom. The van der Waals surface area contributed by atoms with Gasteiger partial charge in [0.25, 0.3) is 0 Å². The van der Waals surface area contributed by atoms with E-state index < -0.39 is 34.8 Å². The first kappa shape index (κ1) is 15.1. The van der Waals surface area contributed by atoms with Crippen LogP contribution in [0.2, 0.25) is 0 Å². The zero-order valence-corrected chi connectivity index (χ0v) is 10.9. The van der Waals surface area contributed by atoms with Crippen molar-refractivity contribution in [1.82, 2.24) is 4.98 Å². The number of nitrogens with one attached hydrogen (secondary N) is 1. The van der Waals surface area contributed by atoms with Crippen molar-refractivity contribution < 1.29 is 22.0 Å². The zero-order chi connectivity index (χ0) is 15.7. The molecule has 0 fully saturated rings. The van der Waals surface area contributed by atoms with Crippen molar-refractivity contribution in [1.29, 1.82) is 0 Å². The molecule has 21 heavy (non-hydrogen) atoms. The van der Waals surface area contributed by atoms with E-state index in [-0.39, 0.29) is 16.5 Å². The van der Waals surface area contributed by atoms with E-state index in [0.29, 0.717) is 0 Å². The lowest BCUT2D eigenvalue weighted by atomic mass is 10.2. The van der Waals surface area contributed by atoms with Crippen LogP contribution in [0.5, 0.6) is 0 Å². The Bertz CT molecular complexity index is 706. The Hall–Kier alpha value is -2.29. The van der Waals surface area contributed by atoms with Crippen molar-refractivity contribution >= 4 is 28.7 Å². The number of anilines is 2. The fourth-order valence-corrected chi connectivity index (χ4v) is 1.60. The molecule has 0 bridgehead atoms. The molecular weight excluding hydrogens is 313 g/mol. The third-order valence-corrected chi connectivity index (χ3v) is 2.67. The first-order valence-corrected chi connectivity index (χ1v) is 5.79. The molecule has 0 saturated carbocycles. The summed E-state index contributed by atoms with van der Waals surface area (Å²) < 4.78 is 66.0. The van der Waals surface area contributed by atoms with Crippen molar-refractivity contribution in [2.24, 2.45) is 5.73 Å². The van der Waals surface area contributed by atoms with Crippen molar-refractivity contribution in [2.45, 2.75) is 0 Å². The molecule has 0 unspecified atom stereocenters. The summed E-state index contributed by atoms with van der Waals surface area (Å²) in [6, 6.07) is 4.07. The first-order chi connectivity index (χ1) is 9.82. The van der Waals surface area contributed by atoms with Gasteiger partial charge in [-0.15, -0.1) is 0 Å². The molecule has 1 heterocycles. The van der Waals surface area contributed by atoms with Crippen LogP contribution in [-0.4, -0.2) is 9.97 Å². The summed E-state index contributed by atoms with van der Waals surface area (Å²) in [5, 5.41) is 2.02. The maximum Gasteiger partial charge on any atom is 0.200 e. The van der Waals surface area contributed by atoms with Gasteiger partial charge in [0.15, 0.2) is 23.3 Å². The summed E-state index contributed by atoms with van der Waals surface area (Å²) >= 11 is 4.67. The number of pyridine rings is 1. The molecule has 1 aromatic carbocycles. The number of halogens is 5. The Morgan fingerprint density at radius 3 is 2.00 bits per heavy atom. The lowest BCUT2D eigenvalue weighted by Crippen LogP contribution is -2.13. The molecule has 0 amide bonds. The van der Waals surface area contributed by atoms with E-state index in [2.05, 4.69) is 17.2 Å². The number of aromatic nitrogens is 1. The minimum Gasteiger partial charge on any atom is -0.388 e. The van der Waals surface area contributed by atoms with Crippen LogP contribution in [0.25, 0.3) is 0 Å². The van der Waals surface area contributed by atoms with Crippen LogP contribution in [0.3, 0.4) is 0 Å². The SMILES string of the molecule is NC(=S)c1cccc(Nc2c(F)c(F)c(F)c(F)c2F)n1. The van der Waals surface area contributed by atoms with Crippen LogP contribution in [0.15, 0.2) is 18.2 Å². The molecule has 3 N–H and O–H groups in total. The average molecular weight is 319 g/mol. The second kappa shape index (κ2) is 5.60. The van der Waals surface area contributed by atoms with E-state index in [0.717, 1.165) is 0 Å². The summed E-state index contributed by atoms with van der Waals surface area (Å²) in [5.74, 6) is -10.5. The molecule has 2 rings (SSSR count). The summed E-state index contributed by atoms with van der Waals surface area (Å²) in [4.78, 5) is 3.70. The smallest absolute Gasteiger partial charge is 0.200 e. The summed E-state index contributed by atoms with van der Waals surface area (Å²) in [6.07, 6.45) is 0. The lowest BCUT2D eigenvalue weighted by Gasteiger charge is -2.10. The number of hydrogen-bond acceptors (Lipinski definition) is 3. The van der Waals surface area contributed by atoms with Crippen LogP contribution in [0, 0.1) is 29.1 Å². The van der Waals surface area contributed by atoms with Gasteiger partial charge >= 0.3 is 0 Å². The molecular formula is C12H6F5N3S. The minimum absolute atomic E-state index is 0.0870. The molecule has 110 valence electrons. The van der Waals surface area contributed by atoms with Crippen LogP contribution in [0.1, 0.15) is 5.69 Å². The first-order valence-electron chi connectivity index (χ1n) is 5.38. The van der Waals surface area contributed by atoms with Gasteiger partial charge in [0.2, 0.25) is 5.82 Å². The van der Waals surface area contributed by atoms with Crippen molar-refractivity contribution in [2.75, 3.05) is 5.32 Å². The summed E-state index contributed by atoms with van der Waals surface area (Å²) in [6.45, 7) is 0. The Morgan fingerprint density at radius 2 is 1.48 bits per heavy atom. The van der Waals surface area contributed by atoms with Gasteiger partial charge < -0.3 is 11.1 Å². The molecule has 0 radical (unpaired) electrons. The Kier molecular flexibility index (Phi) is 4.03. The number of benzene rings is 1. The fourth-order valence-electron chi connectivity index (χ4n) is 1.48. The molecule has 9 heteroatoms. The normalized spacial score (nSPS) is 10.5. The predicted octanol–water partition coefficient (Wildman–Crippen LogP) is 3.15. The highest BCUT2D eigenvalue weighted by Crippen LogP contribution is 2.29. The number of hydrogen-bond donors (Lipinski definition) is 2. The van der Waals surface area contributed by atoms with Gasteiger partial charge in [-0.05, 0) is 12.1 Å². The molecule has 0 saturated heterocycles. The second-order valence-corrected chi connectivity index (χ2v) is 4.28. The van der Waals surface area contributed by atoms with Crippen LogP contribution < -0.4 is 11.1 Å². The topological polar surface area (TPSA) is 50.9 Å². The highest BCUT2D eigenvalue weighted by molar-refractivity contribution is 7.80. The lowest BCUT2D eigenvalue weighted by molar-refractivity contribution is 0.382. The molecule has 3 nitrogen and oxygen atoms in total. The Labute approximate surface area is 120 Å². The van der Waals surface area contributed by atoms with Gasteiger partial charge in [0.1, 0.15) is 16.5 Å². The molecule has 0 aliphatic rings. The maximum atomic E-state index is 13.5. The molecule has 0 atom stereocenters. The van der Waals surface area contributed by atoms with Gasteiger partial charge in [-0.2, -0.15) is 0 Å². The second-order valence-electron chi connectivity index (χ2n) is 3.84. The molecule has 0 spiro atoms.